The van der Waals surface area contributed by atoms with Gasteiger partial charge < -0.3 is 10.3 Å². The van der Waals surface area contributed by atoms with Gasteiger partial charge in [-0.05, 0) is 12.5 Å². The number of rotatable bonds is 4. The maximum absolute atomic E-state index is 12.1. The molecule has 0 saturated heterocycles. The van der Waals surface area contributed by atoms with Crippen molar-refractivity contribution in [3.8, 4) is 0 Å². The normalized spacial score (nSPS) is 14.2. The Bertz CT molecular complexity index is 306. The van der Waals surface area contributed by atoms with Crippen molar-refractivity contribution in [2.24, 2.45) is 11.7 Å². The highest BCUT2D eigenvalue weighted by Gasteiger charge is 2.37. The highest BCUT2D eigenvalue weighted by Crippen LogP contribution is 2.26. The van der Waals surface area contributed by atoms with Gasteiger partial charge in [-0.2, -0.15) is 18.2 Å². The lowest BCUT2D eigenvalue weighted by Crippen LogP contribution is -2.16. The van der Waals surface area contributed by atoms with Crippen LogP contribution in [0.4, 0.5) is 13.2 Å². The van der Waals surface area contributed by atoms with Gasteiger partial charge in [0.05, 0.1) is 0 Å². The van der Waals surface area contributed by atoms with Crippen LogP contribution in [-0.4, -0.2) is 16.7 Å². The predicted molar refractivity (Wildman–Crippen MR) is 45.8 cm³/mol. The molecule has 0 aliphatic heterocycles. The number of hydrogen-bond acceptors (Lipinski definition) is 4. The van der Waals surface area contributed by atoms with Crippen LogP contribution in [0, 0.1) is 5.92 Å². The average molecular weight is 223 g/mol. The Labute approximate surface area is 84.6 Å². The smallest absolute Gasteiger partial charge is 0.339 e. The Balaban J connectivity index is 2.68. The number of nitrogens with two attached hydrogens (primary N) is 1. The average Bonchev–Trinajstić information content (AvgIpc) is 2.61. The fourth-order valence-corrected chi connectivity index (χ4v) is 1.09. The van der Waals surface area contributed by atoms with Crippen molar-refractivity contribution in [3.05, 3.63) is 11.7 Å². The van der Waals surface area contributed by atoms with Crippen LogP contribution >= 0.6 is 0 Å². The van der Waals surface area contributed by atoms with Crippen LogP contribution < -0.4 is 5.73 Å². The Morgan fingerprint density at radius 3 is 2.53 bits per heavy atom. The molecular formula is C8H12F3N3O. The number of alkyl halides is 3. The first kappa shape index (κ1) is 12.0. The third-order valence-corrected chi connectivity index (χ3v) is 2.10. The zero-order valence-corrected chi connectivity index (χ0v) is 8.21. The molecule has 0 radical (unpaired) electrons. The molecule has 0 fully saturated rings. The van der Waals surface area contributed by atoms with E-state index in [4.69, 9.17) is 5.73 Å². The predicted octanol–water partition coefficient (Wildman–Crippen LogP) is 1.62. The quantitative estimate of drug-likeness (QED) is 0.842. The van der Waals surface area contributed by atoms with E-state index in [9.17, 15) is 13.2 Å². The zero-order chi connectivity index (χ0) is 11.5. The maximum Gasteiger partial charge on any atom is 0.455 e. The van der Waals surface area contributed by atoms with E-state index >= 15 is 0 Å². The van der Waals surface area contributed by atoms with Gasteiger partial charge in [0.15, 0.2) is 0 Å². The summed E-state index contributed by atoms with van der Waals surface area (Å²) >= 11 is 0. The molecule has 0 saturated carbocycles. The van der Waals surface area contributed by atoms with E-state index in [2.05, 4.69) is 14.7 Å². The second-order valence-electron chi connectivity index (χ2n) is 3.22. The van der Waals surface area contributed by atoms with E-state index in [-0.39, 0.29) is 18.2 Å². The lowest BCUT2D eigenvalue weighted by molar-refractivity contribution is -0.146. The number of aromatic nitrogens is 2. The molecule has 0 bridgehead atoms. The standard InChI is InChI=1S/C8H12F3N3O/c1-2-5(4-12)3-6-13-7(14-15-6)8(9,10)11/h5H,2-4,12H2,1H3. The largest absolute Gasteiger partial charge is 0.455 e. The summed E-state index contributed by atoms with van der Waals surface area (Å²) in [7, 11) is 0. The van der Waals surface area contributed by atoms with E-state index in [0.29, 0.717) is 6.54 Å². The molecule has 0 spiro atoms. The second kappa shape index (κ2) is 4.61. The van der Waals surface area contributed by atoms with Gasteiger partial charge in [0.25, 0.3) is 5.82 Å². The van der Waals surface area contributed by atoms with Crippen molar-refractivity contribution >= 4 is 0 Å². The summed E-state index contributed by atoms with van der Waals surface area (Å²) in [4.78, 5) is 3.26. The SMILES string of the molecule is CCC(CN)Cc1nc(C(F)(F)F)no1. The van der Waals surface area contributed by atoms with Crippen molar-refractivity contribution in [2.45, 2.75) is 25.9 Å². The molecule has 15 heavy (non-hydrogen) atoms. The van der Waals surface area contributed by atoms with Crippen LogP contribution in [0.3, 0.4) is 0 Å². The third kappa shape index (κ3) is 3.19. The fraction of sp³-hybridized carbons (Fsp3) is 0.750. The maximum atomic E-state index is 12.1. The lowest BCUT2D eigenvalue weighted by atomic mass is 10.0. The Morgan fingerprint density at radius 1 is 1.47 bits per heavy atom. The van der Waals surface area contributed by atoms with Crippen LogP contribution in [0.5, 0.6) is 0 Å². The molecule has 7 heteroatoms. The summed E-state index contributed by atoms with van der Waals surface area (Å²) in [6.07, 6.45) is -3.50. The summed E-state index contributed by atoms with van der Waals surface area (Å²) in [6, 6.07) is 0. The first-order valence-corrected chi connectivity index (χ1v) is 4.57. The van der Waals surface area contributed by atoms with Gasteiger partial charge in [-0.1, -0.05) is 18.5 Å². The van der Waals surface area contributed by atoms with Gasteiger partial charge in [0.2, 0.25) is 5.89 Å². The number of hydrogen-bond donors (Lipinski definition) is 1. The van der Waals surface area contributed by atoms with Crippen molar-refractivity contribution in [1.82, 2.24) is 10.1 Å². The molecule has 1 rings (SSSR count). The minimum absolute atomic E-state index is 0.0142. The highest BCUT2D eigenvalue weighted by molar-refractivity contribution is 4.91. The summed E-state index contributed by atoms with van der Waals surface area (Å²) in [5, 5.41) is 2.86. The van der Waals surface area contributed by atoms with Crippen molar-refractivity contribution in [2.75, 3.05) is 6.54 Å². The van der Waals surface area contributed by atoms with Crippen LogP contribution in [-0.2, 0) is 12.6 Å². The van der Waals surface area contributed by atoms with E-state index in [1.54, 1.807) is 0 Å². The molecule has 1 heterocycles. The van der Waals surface area contributed by atoms with Gasteiger partial charge in [-0.15, -0.1) is 0 Å². The molecule has 1 aromatic rings. The highest BCUT2D eigenvalue weighted by atomic mass is 19.4. The topological polar surface area (TPSA) is 64.9 Å². The van der Waals surface area contributed by atoms with Gasteiger partial charge in [-0.25, -0.2) is 0 Å². The summed E-state index contributed by atoms with van der Waals surface area (Å²) in [5.41, 5.74) is 5.41. The molecule has 86 valence electrons. The van der Waals surface area contributed by atoms with Gasteiger partial charge >= 0.3 is 6.18 Å². The van der Waals surface area contributed by atoms with E-state index in [1.807, 2.05) is 6.92 Å². The van der Waals surface area contributed by atoms with E-state index in [0.717, 1.165) is 6.42 Å². The van der Waals surface area contributed by atoms with Crippen molar-refractivity contribution in [3.63, 3.8) is 0 Å². The lowest BCUT2D eigenvalue weighted by Gasteiger charge is -2.07. The Morgan fingerprint density at radius 2 is 2.13 bits per heavy atom. The van der Waals surface area contributed by atoms with Crippen LogP contribution in [0.2, 0.25) is 0 Å². The van der Waals surface area contributed by atoms with Gasteiger partial charge in [0.1, 0.15) is 0 Å². The summed E-state index contributed by atoms with van der Waals surface area (Å²) in [6.45, 7) is 2.29. The summed E-state index contributed by atoms with van der Waals surface area (Å²) < 4.78 is 40.8. The molecule has 1 unspecified atom stereocenters. The first-order valence-electron chi connectivity index (χ1n) is 4.57. The zero-order valence-electron chi connectivity index (χ0n) is 8.21. The first-order chi connectivity index (χ1) is 6.97. The molecule has 0 amide bonds. The Hall–Kier alpha value is -1.11. The third-order valence-electron chi connectivity index (χ3n) is 2.10. The minimum Gasteiger partial charge on any atom is -0.339 e. The molecule has 2 N–H and O–H groups in total. The van der Waals surface area contributed by atoms with Crippen molar-refractivity contribution < 1.29 is 17.7 Å². The monoisotopic (exact) mass is 223 g/mol. The number of halogens is 3. The molecule has 0 aliphatic carbocycles. The van der Waals surface area contributed by atoms with Crippen LogP contribution in [0.1, 0.15) is 25.1 Å². The van der Waals surface area contributed by atoms with Gasteiger partial charge in [-0.3, -0.25) is 0 Å². The molecular weight excluding hydrogens is 211 g/mol. The van der Waals surface area contributed by atoms with Crippen LogP contribution in [0.15, 0.2) is 4.52 Å². The summed E-state index contributed by atoms with van der Waals surface area (Å²) in [5.74, 6) is -1.17. The van der Waals surface area contributed by atoms with Crippen molar-refractivity contribution in [1.29, 1.82) is 0 Å². The van der Waals surface area contributed by atoms with E-state index in [1.165, 1.54) is 0 Å². The van der Waals surface area contributed by atoms with Gasteiger partial charge in [0, 0.05) is 6.42 Å². The second-order valence-corrected chi connectivity index (χ2v) is 3.22. The number of nitrogens with zero attached hydrogens (tertiary/aromatic N) is 2. The molecule has 1 aromatic heterocycles. The fourth-order valence-electron chi connectivity index (χ4n) is 1.09. The van der Waals surface area contributed by atoms with E-state index < -0.39 is 12.0 Å². The van der Waals surface area contributed by atoms with Crippen LogP contribution in [0.25, 0.3) is 0 Å². The molecule has 1 atom stereocenters. The Kier molecular flexibility index (Phi) is 3.67. The minimum atomic E-state index is -4.55. The molecule has 4 nitrogen and oxygen atoms in total. The molecule has 0 aromatic carbocycles. The molecule has 0 aliphatic rings.